The van der Waals surface area contributed by atoms with Gasteiger partial charge in [-0.3, -0.25) is 25.0 Å². The molecule has 170 valence electrons. The number of carbonyl (C=O) groups is 3. The molecule has 1 fully saturated rings. The first-order valence-electron chi connectivity index (χ1n) is 9.96. The van der Waals surface area contributed by atoms with E-state index in [1.54, 1.807) is 24.3 Å². The first kappa shape index (κ1) is 22.9. The zero-order valence-corrected chi connectivity index (χ0v) is 19.0. The van der Waals surface area contributed by atoms with E-state index in [-0.39, 0.29) is 23.6 Å². The first-order chi connectivity index (χ1) is 16.3. The maximum absolute atomic E-state index is 13.1. The summed E-state index contributed by atoms with van der Waals surface area (Å²) in [4.78, 5) is 49.2. The van der Waals surface area contributed by atoms with Gasteiger partial charge >= 0.3 is 6.03 Å². The van der Waals surface area contributed by atoms with Gasteiger partial charge in [-0.2, -0.15) is 0 Å². The molecular formula is C24H16BrN3O6. The molecule has 0 atom stereocenters. The van der Waals surface area contributed by atoms with E-state index in [2.05, 4.69) is 21.2 Å². The van der Waals surface area contributed by atoms with Crippen LogP contribution < -0.4 is 15.0 Å². The number of carbonyl (C=O) groups excluding carboxylic acids is 3. The molecule has 4 rings (SSSR count). The second kappa shape index (κ2) is 9.67. The van der Waals surface area contributed by atoms with E-state index in [1.165, 1.54) is 24.3 Å². The van der Waals surface area contributed by atoms with E-state index in [0.717, 1.165) is 16.1 Å². The van der Waals surface area contributed by atoms with Gasteiger partial charge < -0.3 is 4.74 Å². The Morgan fingerprint density at radius 2 is 1.74 bits per heavy atom. The van der Waals surface area contributed by atoms with Crippen LogP contribution in [0.25, 0.3) is 6.08 Å². The maximum atomic E-state index is 13.1. The second-order valence-electron chi connectivity index (χ2n) is 7.15. The molecule has 1 aliphatic rings. The fourth-order valence-electron chi connectivity index (χ4n) is 3.30. The normalized spacial score (nSPS) is 14.8. The number of nitrogens with zero attached hydrogens (tertiary/aromatic N) is 2. The van der Waals surface area contributed by atoms with Gasteiger partial charge in [-0.15, -0.1) is 0 Å². The monoisotopic (exact) mass is 521 g/mol. The number of halogens is 1. The van der Waals surface area contributed by atoms with Crippen molar-refractivity contribution in [3.8, 4) is 5.75 Å². The van der Waals surface area contributed by atoms with Crippen molar-refractivity contribution in [2.24, 2.45) is 0 Å². The number of imide groups is 2. The summed E-state index contributed by atoms with van der Waals surface area (Å²) in [6.07, 6.45) is 1.32. The number of hydrogen-bond acceptors (Lipinski definition) is 6. The number of nitrogens with one attached hydrogen (secondary N) is 1. The summed E-state index contributed by atoms with van der Waals surface area (Å²) in [5, 5.41) is 13.2. The van der Waals surface area contributed by atoms with Crippen LogP contribution in [-0.2, 0) is 16.2 Å². The molecule has 1 aliphatic heterocycles. The number of rotatable bonds is 6. The lowest BCUT2D eigenvalue weighted by Crippen LogP contribution is -2.54. The Bertz CT molecular complexity index is 1350. The van der Waals surface area contributed by atoms with Crippen LogP contribution in [0, 0.1) is 10.1 Å². The highest BCUT2D eigenvalue weighted by Gasteiger charge is 2.37. The summed E-state index contributed by atoms with van der Waals surface area (Å²) in [7, 11) is 0. The average Bonchev–Trinajstić information content (AvgIpc) is 2.82. The zero-order valence-electron chi connectivity index (χ0n) is 17.4. The standard InChI is InChI=1S/C24H16BrN3O6/c25-20-10-3-1-7-16(20)14-34-21-11-4-2-6-15(21)12-19-22(29)26-24(31)27(23(19)30)17-8-5-9-18(13-17)28(32)33/h1-13H,14H2,(H,26,29,31)/b19-12+. The topological polar surface area (TPSA) is 119 Å². The van der Waals surface area contributed by atoms with Crippen LogP contribution in [-0.4, -0.2) is 22.8 Å². The van der Waals surface area contributed by atoms with Crippen molar-refractivity contribution in [2.45, 2.75) is 6.61 Å². The Kier molecular flexibility index (Phi) is 6.51. The molecule has 0 aromatic heterocycles. The highest BCUT2D eigenvalue weighted by atomic mass is 79.9. The first-order valence-corrected chi connectivity index (χ1v) is 10.8. The molecule has 10 heteroatoms. The number of amides is 4. The number of barbiturate groups is 1. The van der Waals surface area contributed by atoms with Gasteiger partial charge in [0.1, 0.15) is 17.9 Å². The lowest BCUT2D eigenvalue weighted by molar-refractivity contribution is -0.384. The van der Waals surface area contributed by atoms with Crippen molar-refractivity contribution in [1.82, 2.24) is 5.32 Å². The molecule has 0 unspecified atom stereocenters. The number of non-ortho nitro benzene ring substituents is 1. The SMILES string of the molecule is O=C1NC(=O)N(c2cccc([N+](=O)[O-])c2)C(=O)/C1=C/c1ccccc1OCc1ccccc1Br. The van der Waals surface area contributed by atoms with E-state index in [4.69, 9.17) is 4.74 Å². The predicted molar refractivity (Wildman–Crippen MR) is 127 cm³/mol. The number of anilines is 1. The van der Waals surface area contributed by atoms with Crippen molar-refractivity contribution in [3.05, 3.63) is 104 Å². The second-order valence-corrected chi connectivity index (χ2v) is 8.01. The Morgan fingerprint density at radius 3 is 2.50 bits per heavy atom. The van der Waals surface area contributed by atoms with Crippen molar-refractivity contribution < 1.29 is 24.0 Å². The number of urea groups is 1. The van der Waals surface area contributed by atoms with Crippen molar-refractivity contribution in [3.63, 3.8) is 0 Å². The van der Waals surface area contributed by atoms with E-state index in [9.17, 15) is 24.5 Å². The molecule has 4 amide bonds. The summed E-state index contributed by atoms with van der Waals surface area (Å²) in [5.74, 6) is -1.36. The lowest BCUT2D eigenvalue weighted by atomic mass is 10.1. The van der Waals surface area contributed by atoms with Crippen LogP contribution in [0.3, 0.4) is 0 Å². The maximum Gasteiger partial charge on any atom is 0.335 e. The largest absolute Gasteiger partial charge is 0.488 e. The molecule has 0 bridgehead atoms. The van der Waals surface area contributed by atoms with Gasteiger partial charge in [0.25, 0.3) is 17.5 Å². The van der Waals surface area contributed by atoms with Gasteiger partial charge in [0, 0.05) is 27.7 Å². The van der Waals surface area contributed by atoms with Gasteiger partial charge in [0.2, 0.25) is 0 Å². The molecule has 3 aromatic carbocycles. The quantitative estimate of drug-likeness (QED) is 0.219. The van der Waals surface area contributed by atoms with Crippen LogP contribution in [0.2, 0.25) is 0 Å². The van der Waals surface area contributed by atoms with Crippen molar-refractivity contribution >= 4 is 51.2 Å². The molecule has 0 saturated carbocycles. The van der Waals surface area contributed by atoms with Gasteiger partial charge in [-0.05, 0) is 24.3 Å². The molecule has 0 radical (unpaired) electrons. The minimum absolute atomic E-state index is 0.0337. The number of para-hydroxylation sites is 1. The number of hydrogen-bond donors (Lipinski definition) is 1. The Balaban J connectivity index is 1.66. The summed E-state index contributed by atoms with van der Waals surface area (Å²) in [6, 6.07) is 18.4. The molecule has 34 heavy (non-hydrogen) atoms. The van der Waals surface area contributed by atoms with Crippen LogP contribution in [0.4, 0.5) is 16.2 Å². The summed E-state index contributed by atoms with van der Waals surface area (Å²) in [5.41, 5.74) is 0.697. The van der Waals surface area contributed by atoms with E-state index in [1.807, 2.05) is 24.3 Å². The van der Waals surface area contributed by atoms with E-state index < -0.39 is 22.8 Å². The van der Waals surface area contributed by atoms with E-state index in [0.29, 0.717) is 16.2 Å². The molecule has 1 heterocycles. The van der Waals surface area contributed by atoms with Crippen molar-refractivity contribution in [1.29, 1.82) is 0 Å². The third-order valence-corrected chi connectivity index (χ3v) is 5.73. The van der Waals surface area contributed by atoms with Gasteiger partial charge in [0.15, 0.2) is 0 Å². The third-order valence-electron chi connectivity index (χ3n) is 4.96. The van der Waals surface area contributed by atoms with Crippen LogP contribution in [0.15, 0.2) is 82.8 Å². The zero-order chi connectivity index (χ0) is 24.2. The summed E-state index contributed by atoms with van der Waals surface area (Å²) < 4.78 is 6.79. The molecular weight excluding hydrogens is 506 g/mol. The highest BCUT2D eigenvalue weighted by Crippen LogP contribution is 2.28. The van der Waals surface area contributed by atoms with Crippen LogP contribution >= 0.6 is 15.9 Å². The minimum Gasteiger partial charge on any atom is -0.488 e. The molecule has 0 aliphatic carbocycles. The number of nitro groups is 1. The van der Waals surface area contributed by atoms with Crippen LogP contribution in [0.1, 0.15) is 11.1 Å². The van der Waals surface area contributed by atoms with Crippen LogP contribution in [0.5, 0.6) is 5.75 Å². The number of nitro benzene ring substituents is 1. The Hall–Kier alpha value is -4.31. The predicted octanol–water partition coefficient (Wildman–Crippen LogP) is 4.60. The van der Waals surface area contributed by atoms with E-state index >= 15 is 0 Å². The van der Waals surface area contributed by atoms with Gasteiger partial charge in [-0.1, -0.05) is 58.4 Å². The highest BCUT2D eigenvalue weighted by molar-refractivity contribution is 9.10. The van der Waals surface area contributed by atoms with Gasteiger partial charge in [-0.25, -0.2) is 9.69 Å². The average molecular weight is 522 g/mol. The Labute approximate surface area is 201 Å². The number of ether oxygens (including phenoxy) is 1. The molecule has 0 spiro atoms. The third kappa shape index (κ3) is 4.71. The summed E-state index contributed by atoms with van der Waals surface area (Å²) >= 11 is 3.46. The number of benzene rings is 3. The molecule has 1 saturated heterocycles. The lowest BCUT2D eigenvalue weighted by Gasteiger charge is -2.26. The summed E-state index contributed by atoms with van der Waals surface area (Å²) in [6.45, 7) is 0.236. The minimum atomic E-state index is -0.994. The fourth-order valence-corrected chi connectivity index (χ4v) is 3.69. The molecule has 3 aromatic rings. The Morgan fingerprint density at radius 1 is 1.00 bits per heavy atom. The smallest absolute Gasteiger partial charge is 0.335 e. The molecule has 9 nitrogen and oxygen atoms in total. The van der Waals surface area contributed by atoms with Gasteiger partial charge in [0.05, 0.1) is 10.6 Å². The fraction of sp³-hybridized carbons (Fsp3) is 0.0417. The van der Waals surface area contributed by atoms with Crippen molar-refractivity contribution in [2.75, 3.05) is 4.90 Å². The molecule has 1 N–H and O–H groups in total.